The molecule has 0 bridgehead atoms. The van der Waals surface area contributed by atoms with Gasteiger partial charge in [-0.15, -0.1) is 0 Å². The fraction of sp³-hybridized carbons (Fsp3) is 0.167. The first kappa shape index (κ1) is 9.65. The van der Waals surface area contributed by atoms with E-state index in [0.29, 0.717) is 5.56 Å². The maximum absolute atomic E-state index is 10.9. The lowest BCUT2D eigenvalue weighted by molar-refractivity contribution is 0.112. The number of nitrogens with zero attached hydrogens (tertiary/aromatic N) is 2. The topological polar surface area (TPSA) is 34.9 Å². The van der Waals surface area contributed by atoms with Crippen molar-refractivity contribution in [1.29, 1.82) is 0 Å². The summed E-state index contributed by atoms with van der Waals surface area (Å²) in [4.78, 5) is 10.9. The number of carbonyl (C=O) groups excluding carboxylic acids is 1. The van der Waals surface area contributed by atoms with E-state index in [1.807, 2.05) is 44.3 Å². The zero-order chi connectivity index (χ0) is 10.8. The minimum atomic E-state index is 0.656. The van der Waals surface area contributed by atoms with E-state index in [1.54, 1.807) is 4.68 Å². The minimum absolute atomic E-state index is 0.656. The third-order valence-corrected chi connectivity index (χ3v) is 2.28. The van der Waals surface area contributed by atoms with E-state index in [1.165, 1.54) is 0 Å². The molecule has 0 aliphatic rings. The van der Waals surface area contributed by atoms with Gasteiger partial charge in [0, 0.05) is 11.8 Å². The first-order valence-corrected chi connectivity index (χ1v) is 4.79. The maximum Gasteiger partial charge on any atom is 0.152 e. The molecule has 0 atom stereocenters. The number of aromatic nitrogens is 2. The molecule has 0 fully saturated rings. The number of benzene rings is 1. The highest BCUT2D eigenvalue weighted by Crippen LogP contribution is 2.14. The molecule has 1 aromatic carbocycles. The number of hydrogen-bond donors (Lipinski definition) is 0. The van der Waals surface area contributed by atoms with Crippen LogP contribution in [-0.4, -0.2) is 16.1 Å². The molecule has 76 valence electrons. The van der Waals surface area contributed by atoms with Gasteiger partial charge in [-0.1, -0.05) is 6.07 Å². The van der Waals surface area contributed by atoms with Crippen LogP contribution in [0.4, 0.5) is 0 Å². The molecule has 1 heterocycles. The monoisotopic (exact) mass is 200 g/mol. The van der Waals surface area contributed by atoms with Gasteiger partial charge in [0.05, 0.1) is 11.4 Å². The molecule has 1 aromatic heterocycles. The molecule has 2 rings (SSSR count). The summed E-state index contributed by atoms with van der Waals surface area (Å²) < 4.78 is 1.73. The second kappa shape index (κ2) is 3.69. The summed E-state index contributed by atoms with van der Waals surface area (Å²) in [6, 6.07) is 7.60. The number of aldehydes is 1. The number of hydrogen-bond acceptors (Lipinski definition) is 2. The van der Waals surface area contributed by atoms with Gasteiger partial charge < -0.3 is 0 Å². The van der Waals surface area contributed by atoms with Crippen molar-refractivity contribution < 1.29 is 4.79 Å². The van der Waals surface area contributed by atoms with E-state index in [2.05, 4.69) is 5.10 Å². The first-order chi connectivity index (χ1) is 7.20. The first-order valence-electron chi connectivity index (χ1n) is 4.79. The highest BCUT2D eigenvalue weighted by Gasteiger charge is 2.04. The minimum Gasteiger partial charge on any atom is -0.298 e. The van der Waals surface area contributed by atoms with E-state index >= 15 is 0 Å². The smallest absolute Gasteiger partial charge is 0.152 e. The lowest BCUT2D eigenvalue weighted by atomic mass is 10.1. The van der Waals surface area contributed by atoms with Crippen LogP contribution >= 0.6 is 0 Å². The molecule has 0 radical (unpaired) electrons. The Balaban J connectivity index is 2.59. The van der Waals surface area contributed by atoms with E-state index in [-0.39, 0.29) is 0 Å². The Morgan fingerprint density at radius 3 is 2.67 bits per heavy atom. The average molecular weight is 200 g/mol. The molecular weight excluding hydrogens is 188 g/mol. The Hall–Kier alpha value is -1.90. The fourth-order valence-corrected chi connectivity index (χ4v) is 1.50. The van der Waals surface area contributed by atoms with Gasteiger partial charge >= 0.3 is 0 Å². The molecule has 0 unspecified atom stereocenters. The van der Waals surface area contributed by atoms with Crippen LogP contribution < -0.4 is 0 Å². The predicted molar refractivity (Wildman–Crippen MR) is 58.4 cm³/mol. The molecule has 0 amide bonds. The van der Waals surface area contributed by atoms with Crippen LogP contribution in [0.2, 0.25) is 0 Å². The third-order valence-electron chi connectivity index (χ3n) is 2.28. The summed E-state index contributed by atoms with van der Waals surface area (Å²) in [6.07, 6.45) is 2.71. The predicted octanol–water partition coefficient (Wildman–Crippen LogP) is 2.30. The SMILES string of the molecule is Cc1ccc(C=O)c(-n2ccc(C)n2)c1. The lowest BCUT2D eigenvalue weighted by Crippen LogP contribution is -2.00. The Kier molecular flexibility index (Phi) is 2.37. The van der Waals surface area contributed by atoms with Crippen molar-refractivity contribution in [3.05, 3.63) is 47.3 Å². The van der Waals surface area contributed by atoms with Crippen LogP contribution in [0.1, 0.15) is 21.6 Å². The summed E-state index contributed by atoms with van der Waals surface area (Å²) in [7, 11) is 0. The normalized spacial score (nSPS) is 10.3. The zero-order valence-electron chi connectivity index (χ0n) is 8.77. The molecule has 0 saturated heterocycles. The van der Waals surface area contributed by atoms with E-state index in [0.717, 1.165) is 23.2 Å². The summed E-state index contributed by atoms with van der Waals surface area (Å²) >= 11 is 0. The summed E-state index contributed by atoms with van der Waals surface area (Å²) in [5, 5.41) is 4.29. The summed E-state index contributed by atoms with van der Waals surface area (Å²) in [5.74, 6) is 0. The molecule has 0 aliphatic carbocycles. The third kappa shape index (κ3) is 1.81. The largest absolute Gasteiger partial charge is 0.298 e. The van der Waals surface area contributed by atoms with Crippen LogP contribution in [0.25, 0.3) is 5.69 Å². The Labute approximate surface area is 88.4 Å². The summed E-state index contributed by atoms with van der Waals surface area (Å²) in [5.41, 5.74) is 3.54. The van der Waals surface area contributed by atoms with Gasteiger partial charge in [-0.3, -0.25) is 4.79 Å². The Morgan fingerprint density at radius 1 is 1.27 bits per heavy atom. The molecule has 0 saturated carbocycles. The molecule has 0 spiro atoms. The van der Waals surface area contributed by atoms with Crippen molar-refractivity contribution in [2.24, 2.45) is 0 Å². The van der Waals surface area contributed by atoms with Crippen molar-refractivity contribution in [3.8, 4) is 5.69 Å². The summed E-state index contributed by atoms with van der Waals surface area (Å²) in [6.45, 7) is 3.92. The van der Waals surface area contributed by atoms with E-state index < -0.39 is 0 Å². The quantitative estimate of drug-likeness (QED) is 0.697. The second-order valence-electron chi connectivity index (χ2n) is 3.58. The highest BCUT2D eigenvalue weighted by atomic mass is 16.1. The fourth-order valence-electron chi connectivity index (χ4n) is 1.50. The van der Waals surface area contributed by atoms with Crippen LogP contribution in [0.15, 0.2) is 30.5 Å². The maximum atomic E-state index is 10.9. The van der Waals surface area contributed by atoms with Crippen LogP contribution in [0.5, 0.6) is 0 Å². The van der Waals surface area contributed by atoms with Gasteiger partial charge in [0.25, 0.3) is 0 Å². The van der Waals surface area contributed by atoms with E-state index in [9.17, 15) is 4.79 Å². The molecule has 0 N–H and O–H groups in total. The van der Waals surface area contributed by atoms with Crippen LogP contribution in [0, 0.1) is 13.8 Å². The van der Waals surface area contributed by atoms with Crippen molar-refractivity contribution >= 4 is 6.29 Å². The van der Waals surface area contributed by atoms with Gasteiger partial charge in [-0.05, 0) is 37.6 Å². The number of rotatable bonds is 2. The molecular formula is C12H12N2O. The molecule has 0 aliphatic heterocycles. The standard InChI is InChI=1S/C12H12N2O/c1-9-3-4-11(8-15)12(7-9)14-6-5-10(2)13-14/h3-8H,1-2H3. The van der Waals surface area contributed by atoms with Crippen LogP contribution in [-0.2, 0) is 0 Å². The van der Waals surface area contributed by atoms with Gasteiger partial charge in [0.15, 0.2) is 6.29 Å². The average Bonchev–Trinajstić information content (AvgIpc) is 2.65. The Bertz CT molecular complexity index is 500. The van der Waals surface area contributed by atoms with Crippen molar-refractivity contribution in [1.82, 2.24) is 9.78 Å². The zero-order valence-corrected chi connectivity index (χ0v) is 8.77. The molecule has 2 aromatic rings. The van der Waals surface area contributed by atoms with Crippen molar-refractivity contribution in [2.75, 3.05) is 0 Å². The van der Waals surface area contributed by atoms with Gasteiger partial charge in [-0.25, -0.2) is 4.68 Å². The van der Waals surface area contributed by atoms with Gasteiger partial charge in [-0.2, -0.15) is 5.10 Å². The second-order valence-corrected chi connectivity index (χ2v) is 3.58. The molecule has 15 heavy (non-hydrogen) atoms. The molecule has 3 nitrogen and oxygen atoms in total. The number of aryl methyl sites for hydroxylation is 2. The molecule has 3 heteroatoms. The lowest BCUT2D eigenvalue weighted by Gasteiger charge is -2.05. The number of carbonyl (C=O) groups is 1. The van der Waals surface area contributed by atoms with E-state index in [4.69, 9.17) is 0 Å². The van der Waals surface area contributed by atoms with Crippen molar-refractivity contribution in [3.63, 3.8) is 0 Å². The highest BCUT2D eigenvalue weighted by molar-refractivity contribution is 5.81. The Morgan fingerprint density at radius 2 is 2.07 bits per heavy atom. The van der Waals surface area contributed by atoms with Crippen molar-refractivity contribution in [2.45, 2.75) is 13.8 Å². The van der Waals surface area contributed by atoms with Crippen LogP contribution in [0.3, 0.4) is 0 Å². The van der Waals surface area contributed by atoms with Gasteiger partial charge in [0.2, 0.25) is 0 Å². The van der Waals surface area contributed by atoms with Gasteiger partial charge in [0.1, 0.15) is 0 Å².